The molecule has 0 aliphatic rings. The molecule has 7 nitrogen and oxygen atoms in total. The molecule has 24 heavy (non-hydrogen) atoms. The number of aromatic amines is 1. The highest BCUT2D eigenvalue weighted by Gasteiger charge is 2.11. The average molecular weight is 352 g/mol. The molecule has 2 N–H and O–H groups in total. The van der Waals surface area contributed by atoms with Crippen molar-refractivity contribution < 1.29 is 18.2 Å². The molecule has 8 heteroatoms. The summed E-state index contributed by atoms with van der Waals surface area (Å²) in [6.07, 6.45) is 3.78. The average Bonchev–Trinajstić information content (AvgIpc) is 3.05. The summed E-state index contributed by atoms with van der Waals surface area (Å²) in [5.41, 5.74) is 0.234. The molecule has 0 saturated heterocycles. The third-order valence-corrected chi connectivity index (χ3v) is 4.26. The Balaban J connectivity index is 1.82. The van der Waals surface area contributed by atoms with Crippen molar-refractivity contribution in [3.05, 3.63) is 52.3 Å². The van der Waals surface area contributed by atoms with E-state index in [1.54, 1.807) is 12.1 Å². The van der Waals surface area contributed by atoms with E-state index in [2.05, 4.69) is 10.3 Å². The number of furan rings is 1. The standard InChI is InChI=1S/C16H20N2O5S/c1-2-5-23-15-9-17-12(7-14(15)19)10-24(21)11-16(20)18-8-13-4-3-6-22-13/h3-4,6-7,9H,2,5,8,10-11H2,1H3,(H,17,19)(H,18,20). The van der Waals surface area contributed by atoms with Crippen LogP contribution in [-0.2, 0) is 27.9 Å². The number of hydrogen-bond acceptors (Lipinski definition) is 5. The van der Waals surface area contributed by atoms with Crippen molar-refractivity contribution in [2.75, 3.05) is 12.4 Å². The number of amides is 1. The van der Waals surface area contributed by atoms with E-state index in [0.29, 0.717) is 18.1 Å². The van der Waals surface area contributed by atoms with Crippen LogP contribution in [-0.4, -0.2) is 27.5 Å². The maximum absolute atomic E-state index is 12.0. The van der Waals surface area contributed by atoms with E-state index < -0.39 is 10.8 Å². The van der Waals surface area contributed by atoms with Crippen LogP contribution in [0.1, 0.15) is 24.8 Å². The number of hydrogen-bond donors (Lipinski definition) is 2. The Morgan fingerprint density at radius 1 is 1.46 bits per heavy atom. The lowest BCUT2D eigenvalue weighted by atomic mass is 10.3. The molecule has 0 saturated carbocycles. The Labute approximate surface area is 141 Å². The molecule has 2 rings (SSSR count). The first-order chi connectivity index (χ1) is 11.6. The largest absolute Gasteiger partial charge is 0.488 e. The first kappa shape index (κ1) is 18.0. The van der Waals surface area contributed by atoms with Crippen LogP contribution >= 0.6 is 0 Å². The first-order valence-corrected chi connectivity index (χ1v) is 9.05. The monoisotopic (exact) mass is 352 g/mol. The Hall–Kier alpha value is -2.35. The van der Waals surface area contributed by atoms with Gasteiger partial charge in [0.25, 0.3) is 0 Å². The van der Waals surface area contributed by atoms with E-state index in [9.17, 15) is 13.8 Å². The van der Waals surface area contributed by atoms with Gasteiger partial charge in [-0.25, -0.2) is 0 Å². The molecule has 0 spiro atoms. The molecule has 0 bridgehead atoms. The summed E-state index contributed by atoms with van der Waals surface area (Å²) in [6, 6.07) is 4.82. The van der Waals surface area contributed by atoms with Crippen LogP contribution in [0.4, 0.5) is 0 Å². The fraction of sp³-hybridized carbons (Fsp3) is 0.375. The van der Waals surface area contributed by atoms with Crippen LogP contribution in [0.15, 0.2) is 39.9 Å². The summed E-state index contributed by atoms with van der Waals surface area (Å²) in [6.45, 7) is 2.66. The number of pyridine rings is 1. The molecule has 0 aromatic carbocycles. The zero-order valence-electron chi connectivity index (χ0n) is 13.4. The van der Waals surface area contributed by atoms with Gasteiger partial charge in [0.05, 0.1) is 25.2 Å². The topological polar surface area (TPSA) is 101 Å². The quantitative estimate of drug-likeness (QED) is 0.709. The van der Waals surface area contributed by atoms with Crippen LogP contribution in [0.5, 0.6) is 5.75 Å². The molecule has 2 aromatic rings. The minimum atomic E-state index is -1.42. The first-order valence-electron chi connectivity index (χ1n) is 7.57. The van der Waals surface area contributed by atoms with Crippen molar-refractivity contribution in [3.63, 3.8) is 0 Å². The third kappa shape index (κ3) is 5.69. The van der Waals surface area contributed by atoms with Crippen molar-refractivity contribution in [3.8, 4) is 5.75 Å². The second-order valence-electron chi connectivity index (χ2n) is 5.12. The van der Waals surface area contributed by atoms with Gasteiger partial charge in [-0.15, -0.1) is 0 Å². The third-order valence-electron chi connectivity index (χ3n) is 3.05. The number of carbonyl (C=O) groups excluding carboxylic acids is 1. The number of rotatable bonds is 9. The second-order valence-corrected chi connectivity index (χ2v) is 6.58. The van der Waals surface area contributed by atoms with Crippen molar-refractivity contribution >= 4 is 16.7 Å². The van der Waals surface area contributed by atoms with Crippen molar-refractivity contribution in [1.29, 1.82) is 0 Å². The van der Waals surface area contributed by atoms with Gasteiger partial charge in [0.2, 0.25) is 11.3 Å². The fourth-order valence-corrected chi connectivity index (χ4v) is 2.94. The van der Waals surface area contributed by atoms with Gasteiger partial charge in [0.1, 0.15) is 11.5 Å². The molecular formula is C16H20N2O5S. The predicted molar refractivity (Wildman–Crippen MR) is 90.1 cm³/mol. The van der Waals surface area contributed by atoms with E-state index in [-0.39, 0.29) is 35.1 Å². The van der Waals surface area contributed by atoms with Gasteiger partial charge in [-0.1, -0.05) is 6.92 Å². The summed E-state index contributed by atoms with van der Waals surface area (Å²) >= 11 is 0. The zero-order chi connectivity index (χ0) is 17.4. The van der Waals surface area contributed by atoms with Crippen LogP contribution in [0.2, 0.25) is 0 Å². The molecule has 2 heterocycles. The second kappa shape index (κ2) is 9.07. The van der Waals surface area contributed by atoms with E-state index in [1.807, 2.05) is 6.92 Å². The van der Waals surface area contributed by atoms with Gasteiger partial charge >= 0.3 is 0 Å². The Morgan fingerprint density at radius 3 is 2.96 bits per heavy atom. The van der Waals surface area contributed by atoms with Crippen LogP contribution in [0.3, 0.4) is 0 Å². The Kier molecular flexibility index (Phi) is 6.80. The van der Waals surface area contributed by atoms with E-state index >= 15 is 0 Å². The summed E-state index contributed by atoms with van der Waals surface area (Å²) in [5, 5.41) is 2.63. The number of carbonyl (C=O) groups is 1. The molecule has 0 radical (unpaired) electrons. The van der Waals surface area contributed by atoms with Gasteiger partial charge in [0.15, 0.2) is 5.75 Å². The Bertz CT molecular complexity index is 739. The van der Waals surface area contributed by atoms with Crippen LogP contribution in [0.25, 0.3) is 0 Å². The van der Waals surface area contributed by atoms with E-state index in [0.717, 1.165) is 6.42 Å². The number of nitrogens with one attached hydrogen (secondary N) is 2. The van der Waals surface area contributed by atoms with Crippen LogP contribution in [0, 0.1) is 0 Å². The van der Waals surface area contributed by atoms with Crippen LogP contribution < -0.4 is 15.5 Å². The predicted octanol–water partition coefficient (Wildman–Crippen LogP) is 1.32. The SMILES string of the molecule is CCCOc1c[nH]c(CS(=O)CC(=O)NCc2ccco2)cc1=O. The fourth-order valence-electron chi connectivity index (χ4n) is 1.93. The molecule has 1 unspecified atom stereocenters. The van der Waals surface area contributed by atoms with E-state index in [1.165, 1.54) is 18.5 Å². The van der Waals surface area contributed by atoms with Crippen molar-refractivity contribution in [2.45, 2.75) is 25.6 Å². The number of H-pyrrole nitrogens is 1. The summed E-state index contributed by atoms with van der Waals surface area (Å²) in [4.78, 5) is 26.5. The van der Waals surface area contributed by atoms with Gasteiger partial charge in [-0.2, -0.15) is 0 Å². The summed E-state index contributed by atoms with van der Waals surface area (Å²) < 4.78 is 22.4. The summed E-state index contributed by atoms with van der Waals surface area (Å²) in [7, 11) is -1.42. The maximum atomic E-state index is 12.0. The maximum Gasteiger partial charge on any atom is 0.233 e. The molecule has 1 amide bonds. The summed E-state index contributed by atoms with van der Waals surface area (Å²) in [5.74, 6) is 0.479. The van der Waals surface area contributed by atoms with E-state index in [4.69, 9.17) is 9.15 Å². The molecular weight excluding hydrogens is 332 g/mol. The lowest BCUT2D eigenvalue weighted by molar-refractivity contribution is -0.118. The van der Waals surface area contributed by atoms with Gasteiger partial charge in [0, 0.05) is 28.8 Å². The molecule has 0 aliphatic heterocycles. The number of aromatic nitrogens is 1. The molecule has 2 aromatic heterocycles. The molecule has 0 fully saturated rings. The van der Waals surface area contributed by atoms with Crippen molar-refractivity contribution in [2.24, 2.45) is 0 Å². The van der Waals surface area contributed by atoms with Gasteiger partial charge < -0.3 is 19.5 Å². The number of ether oxygens (including phenoxy) is 1. The van der Waals surface area contributed by atoms with Crippen molar-refractivity contribution in [1.82, 2.24) is 10.3 Å². The highest BCUT2D eigenvalue weighted by Crippen LogP contribution is 2.05. The zero-order valence-corrected chi connectivity index (χ0v) is 14.2. The molecule has 130 valence electrons. The van der Waals surface area contributed by atoms with Gasteiger partial charge in [-0.05, 0) is 18.6 Å². The minimum Gasteiger partial charge on any atom is -0.488 e. The van der Waals surface area contributed by atoms with Gasteiger partial charge in [-0.3, -0.25) is 13.8 Å². The smallest absolute Gasteiger partial charge is 0.233 e. The Morgan fingerprint density at radius 2 is 2.29 bits per heavy atom. The molecule has 1 atom stereocenters. The normalized spacial score (nSPS) is 11.9. The molecule has 0 aliphatic carbocycles. The lowest BCUT2D eigenvalue weighted by Crippen LogP contribution is -2.28. The lowest BCUT2D eigenvalue weighted by Gasteiger charge is -2.06. The highest BCUT2D eigenvalue weighted by atomic mass is 32.2. The highest BCUT2D eigenvalue weighted by molar-refractivity contribution is 7.84. The minimum absolute atomic E-state index is 0.0947.